The first kappa shape index (κ1) is 20.7. The van der Waals surface area contributed by atoms with Crippen molar-refractivity contribution in [3.63, 3.8) is 0 Å². The van der Waals surface area contributed by atoms with E-state index < -0.39 is 0 Å². The summed E-state index contributed by atoms with van der Waals surface area (Å²) >= 11 is 1.40. The average Bonchev–Trinajstić information content (AvgIpc) is 2.78. The summed E-state index contributed by atoms with van der Waals surface area (Å²) in [6.45, 7) is 0. The van der Waals surface area contributed by atoms with Gasteiger partial charge in [-0.15, -0.1) is 0 Å². The summed E-state index contributed by atoms with van der Waals surface area (Å²) in [5.74, 6) is 1.17. The summed E-state index contributed by atoms with van der Waals surface area (Å²) in [5.41, 5.74) is 1.93. The Labute approximate surface area is 183 Å². The van der Waals surface area contributed by atoms with Gasteiger partial charge in [0.05, 0.1) is 19.2 Å². The van der Waals surface area contributed by atoms with Gasteiger partial charge < -0.3 is 15.0 Å². The third kappa shape index (κ3) is 5.32. The fourth-order valence-electron chi connectivity index (χ4n) is 3.25. The van der Waals surface area contributed by atoms with Crippen molar-refractivity contribution in [2.75, 3.05) is 12.4 Å². The van der Waals surface area contributed by atoms with Crippen LogP contribution >= 0.6 is 11.8 Å². The van der Waals surface area contributed by atoms with E-state index in [9.17, 15) is 9.59 Å². The molecule has 0 fully saturated rings. The highest BCUT2D eigenvalue weighted by Crippen LogP contribution is 2.24. The molecule has 4 aromatic rings. The number of aromatic amines is 1. The topological polar surface area (TPSA) is 84.1 Å². The molecule has 156 valence electrons. The van der Waals surface area contributed by atoms with Crippen LogP contribution in [0.3, 0.4) is 0 Å². The number of nitrogens with one attached hydrogen (secondary N) is 2. The number of nitrogens with zero attached hydrogens (tertiary/aromatic N) is 1. The molecule has 4 rings (SSSR count). The second-order valence-electron chi connectivity index (χ2n) is 6.93. The van der Waals surface area contributed by atoms with Gasteiger partial charge in [0.2, 0.25) is 5.91 Å². The van der Waals surface area contributed by atoms with E-state index in [4.69, 9.17) is 4.74 Å². The maximum absolute atomic E-state index is 12.6. The Hall–Kier alpha value is -3.58. The van der Waals surface area contributed by atoms with Gasteiger partial charge in [-0.2, -0.15) is 0 Å². The monoisotopic (exact) mass is 431 g/mol. The van der Waals surface area contributed by atoms with E-state index >= 15 is 0 Å². The summed E-state index contributed by atoms with van der Waals surface area (Å²) in [5, 5.41) is 5.42. The molecule has 0 unspecified atom stereocenters. The van der Waals surface area contributed by atoms with Crippen LogP contribution in [0.25, 0.3) is 10.8 Å². The van der Waals surface area contributed by atoms with Crippen molar-refractivity contribution in [2.24, 2.45) is 0 Å². The van der Waals surface area contributed by atoms with Crippen LogP contribution in [0, 0.1) is 0 Å². The van der Waals surface area contributed by atoms with Crippen LogP contribution in [0.4, 0.5) is 5.69 Å². The van der Waals surface area contributed by atoms with Gasteiger partial charge in [0.1, 0.15) is 5.75 Å². The number of H-pyrrole nitrogens is 1. The molecule has 1 amide bonds. The summed E-state index contributed by atoms with van der Waals surface area (Å²) < 4.78 is 5.24. The van der Waals surface area contributed by atoms with Crippen molar-refractivity contribution < 1.29 is 9.53 Å². The Balaban J connectivity index is 1.45. The van der Waals surface area contributed by atoms with E-state index in [2.05, 4.69) is 15.3 Å². The number of amides is 1. The van der Waals surface area contributed by atoms with Crippen LogP contribution in [-0.4, -0.2) is 23.0 Å². The lowest BCUT2D eigenvalue weighted by molar-refractivity contribution is -0.115. The van der Waals surface area contributed by atoms with Gasteiger partial charge in [0.25, 0.3) is 5.56 Å². The minimum absolute atomic E-state index is 0.0138. The first-order chi connectivity index (χ1) is 15.1. The maximum Gasteiger partial charge on any atom is 0.251 e. The first-order valence-corrected chi connectivity index (χ1v) is 10.7. The van der Waals surface area contributed by atoms with Crippen molar-refractivity contribution in [3.8, 4) is 5.75 Å². The molecule has 6 nitrogen and oxygen atoms in total. The first-order valence-electron chi connectivity index (χ1n) is 9.74. The molecule has 1 heterocycles. The van der Waals surface area contributed by atoms with Gasteiger partial charge in [-0.1, -0.05) is 60.3 Å². The second kappa shape index (κ2) is 9.49. The zero-order valence-electron chi connectivity index (χ0n) is 16.9. The Kier molecular flexibility index (Phi) is 6.33. The Morgan fingerprint density at radius 3 is 2.74 bits per heavy atom. The van der Waals surface area contributed by atoms with E-state index in [-0.39, 0.29) is 17.9 Å². The van der Waals surface area contributed by atoms with Gasteiger partial charge >= 0.3 is 0 Å². The molecule has 0 aliphatic carbocycles. The fourth-order valence-corrected chi connectivity index (χ4v) is 4.09. The predicted molar refractivity (Wildman–Crippen MR) is 124 cm³/mol. The summed E-state index contributed by atoms with van der Waals surface area (Å²) in [6, 6.07) is 22.7. The summed E-state index contributed by atoms with van der Waals surface area (Å²) in [4.78, 5) is 31.9. The van der Waals surface area contributed by atoms with Crippen LogP contribution in [-0.2, 0) is 17.0 Å². The van der Waals surface area contributed by atoms with Crippen molar-refractivity contribution in [1.29, 1.82) is 0 Å². The van der Waals surface area contributed by atoms with Crippen LogP contribution in [0.1, 0.15) is 11.3 Å². The number of thioether (sulfide) groups is 1. The van der Waals surface area contributed by atoms with E-state index in [0.29, 0.717) is 16.6 Å². The molecule has 0 bridgehead atoms. The van der Waals surface area contributed by atoms with Gasteiger partial charge in [0, 0.05) is 22.9 Å². The molecule has 0 saturated carbocycles. The lowest BCUT2D eigenvalue weighted by atomic mass is 10.1. The minimum Gasteiger partial charge on any atom is -0.497 e. The highest BCUT2D eigenvalue weighted by atomic mass is 32.2. The van der Waals surface area contributed by atoms with E-state index in [1.54, 1.807) is 7.11 Å². The molecule has 1 aromatic heterocycles. The zero-order chi connectivity index (χ0) is 21.6. The molecule has 31 heavy (non-hydrogen) atoms. The van der Waals surface area contributed by atoms with E-state index in [1.807, 2.05) is 66.7 Å². The van der Waals surface area contributed by atoms with Gasteiger partial charge in [-0.25, -0.2) is 4.98 Å². The lowest BCUT2D eigenvalue weighted by Crippen LogP contribution is -2.18. The van der Waals surface area contributed by atoms with Gasteiger partial charge in [0.15, 0.2) is 5.16 Å². The molecule has 7 heteroatoms. The standard InChI is InChI=1S/C24H21N3O3S/c1-30-19-9-4-6-16(12-19)15-31-24-25-18(14-23(29)27-24)13-22(28)26-21-11-5-8-17-7-2-3-10-20(17)21/h2-12,14H,13,15H2,1H3,(H,26,28)(H,25,27,29). The lowest BCUT2D eigenvalue weighted by Gasteiger charge is -2.09. The van der Waals surface area contributed by atoms with E-state index in [0.717, 1.165) is 27.8 Å². The van der Waals surface area contributed by atoms with Crippen molar-refractivity contribution >= 4 is 34.1 Å². The molecule has 0 aliphatic heterocycles. The van der Waals surface area contributed by atoms with Crippen molar-refractivity contribution in [2.45, 2.75) is 17.3 Å². The average molecular weight is 432 g/mol. The molecule has 0 aliphatic rings. The number of aromatic nitrogens is 2. The van der Waals surface area contributed by atoms with Crippen molar-refractivity contribution in [3.05, 3.63) is 94.4 Å². The molecule has 0 atom stereocenters. The summed E-state index contributed by atoms with van der Waals surface area (Å²) in [7, 11) is 1.62. The third-order valence-corrected chi connectivity index (χ3v) is 5.63. The number of carbonyl (C=O) groups is 1. The molecule has 3 aromatic carbocycles. The molecule has 2 N–H and O–H groups in total. The fraction of sp³-hybridized carbons (Fsp3) is 0.125. The van der Waals surface area contributed by atoms with E-state index in [1.165, 1.54) is 17.8 Å². The Morgan fingerprint density at radius 1 is 1.06 bits per heavy atom. The highest BCUT2D eigenvalue weighted by Gasteiger charge is 2.10. The van der Waals surface area contributed by atoms with Crippen LogP contribution in [0.2, 0.25) is 0 Å². The number of methoxy groups -OCH3 is 1. The minimum atomic E-state index is -0.281. The summed E-state index contributed by atoms with van der Waals surface area (Å²) in [6.07, 6.45) is 0.0138. The van der Waals surface area contributed by atoms with Crippen LogP contribution in [0.15, 0.2) is 82.7 Å². The number of anilines is 1. The Morgan fingerprint density at radius 2 is 1.87 bits per heavy atom. The normalized spacial score (nSPS) is 10.7. The predicted octanol–water partition coefficient (Wildman–Crippen LogP) is 4.41. The molecule has 0 spiro atoms. The number of fused-ring (bicyclic) bond motifs is 1. The Bertz CT molecular complexity index is 1280. The van der Waals surface area contributed by atoms with Crippen LogP contribution < -0.4 is 15.6 Å². The second-order valence-corrected chi connectivity index (χ2v) is 7.90. The quantitative estimate of drug-likeness (QED) is 0.335. The number of hydrogen-bond donors (Lipinski definition) is 2. The molecular formula is C24H21N3O3S. The molecule has 0 saturated heterocycles. The highest BCUT2D eigenvalue weighted by molar-refractivity contribution is 7.98. The number of ether oxygens (including phenoxy) is 1. The third-order valence-electron chi connectivity index (χ3n) is 4.69. The van der Waals surface area contributed by atoms with Crippen LogP contribution in [0.5, 0.6) is 5.75 Å². The smallest absolute Gasteiger partial charge is 0.251 e. The van der Waals surface area contributed by atoms with Gasteiger partial charge in [-0.05, 0) is 29.1 Å². The zero-order valence-corrected chi connectivity index (χ0v) is 17.7. The number of carbonyl (C=O) groups excluding carboxylic acids is 1. The van der Waals surface area contributed by atoms with Gasteiger partial charge in [-0.3, -0.25) is 9.59 Å². The largest absolute Gasteiger partial charge is 0.497 e. The number of rotatable bonds is 7. The SMILES string of the molecule is COc1cccc(CSc2nc(CC(=O)Nc3cccc4ccccc34)cc(=O)[nH]2)c1. The maximum atomic E-state index is 12.6. The number of benzene rings is 3. The van der Waals surface area contributed by atoms with Crippen molar-refractivity contribution in [1.82, 2.24) is 9.97 Å². The number of hydrogen-bond acceptors (Lipinski definition) is 5. The molecule has 0 radical (unpaired) electrons. The molecular weight excluding hydrogens is 410 g/mol.